The molecule has 3 heterocycles. The van der Waals surface area contributed by atoms with Crippen LogP contribution in [0.1, 0.15) is 24.0 Å². The number of aromatic amines is 1. The minimum Gasteiger partial charge on any atom is -0.353 e. The molecular formula is C19H16ClFN4O2S. The minimum absolute atomic E-state index is 0.127. The molecule has 0 spiro atoms. The maximum atomic E-state index is 14.4. The molecule has 4 rings (SSSR count). The summed E-state index contributed by atoms with van der Waals surface area (Å²) in [4.78, 5) is 31.2. The van der Waals surface area contributed by atoms with Gasteiger partial charge in [0.15, 0.2) is 0 Å². The van der Waals surface area contributed by atoms with Crippen LogP contribution in [-0.4, -0.2) is 22.1 Å². The molecule has 0 fully saturated rings. The van der Waals surface area contributed by atoms with E-state index in [4.69, 9.17) is 11.6 Å². The van der Waals surface area contributed by atoms with Gasteiger partial charge in [0.05, 0.1) is 22.7 Å². The van der Waals surface area contributed by atoms with Gasteiger partial charge < -0.3 is 15.6 Å². The number of allylic oxidation sites excluding steroid dienone is 4. The van der Waals surface area contributed by atoms with Gasteiger partial charge in [-0.15, -0.1) is 11.8 Å². The largest absolute Gasteiger partial charge is 0.353 e. The Morgan fingerprint density at radius 2 is 2.11 bits per heavy atom. The number of rotatable bonds is 4. The maximum absolute atomic E-state index is 14.4. The normalized spacial score (nSPS) is 16.0. The predicted molar refractivity (Wildman–Crippen MR) is 110 cm³/mol. The minimum atomic E-state index is -0.389. The standard InChI is InChI=1S/C19H16ClFN4O2S/c1-28-19-15(23-14-4-5-22-17-12(14)8-16(26)24-17)7-11(18(27)25-19)10-6-9(20)2-3-13(10)21/h4-7H,2-3,8H2,1H3,(H,25,27)(H2,22,23,24,26). The van der Waals surface area contributed by atoms with Crippen LogP contribution >= 0.6 is 23.4 Å². The molecule has 2 aromatic heterocycles. The third-order valence-corrected chi connectivity index (χ3v) is 5.62. The van der Waals surface area contributed by atoms with Gasteiger partial charge in [0.2, 0.25) is 5.91 Å². The second-order valence-corrected chi connectivity index (χ2v) is 7.71. The molecule has 1 amide bonds. The molecule has 0 radical (unpaired) electrons. The van der Waals surface area contributed by atoms with Crippen LogP contribution in [0.2, 0.25) is 0 Å². The van der Waals surface area contributed by atoms with E-state index in [1.165, 1.54) is 17.8 Å². The van der Waals surface area contributed by atoms with Gasteiger partial charge in [-0.25, -0.2) is 9.37 Å². The van der Waals surface area contributed by atoms with Crippen LogP contribution in [0.4, 0.5) is 21.6 Å². The van der Waals surface area contributed by atoms with Crippen molar-refractivity contribution in [2.24, 2.45) is 0 Å². The summed E-state index contributed by atoms with van der Waals surface area (Å²) in [5.41, 5.74) is 2.06. The average molecular weight is 419 g/mol. The number of H-pyrrole nitrogens is 1. The van der Waals surface area contributed by atoms with Crippen molar-refractivity contribution in [3.05, 3.63) is 56.7 Å². The number of amides is 1. The molecule has 0 atom stereocenters. The quantitative estimate of drug-likeness (QED) is 0.643. The van der Waals surface area contributed by atoms with E-state index < -0.39 is 0 Å². The molecule has 0 saturated carbocycles. The number of fused-ring (bicyclic) bond motifs is 1. The number of nitrogens with zero attached hydrogens (tertiary/aromatic N) is 1. The molecule has 1 aliphatic carbocycles. The van der Waals surface area contributed by atoms with Crippen LogP contribution < -0.4 is 16.2 Å². The number of halogens is 2. The Kier molecular flexibility index (Phi) is 4.99. The van der Waals surface area contributed by atoms with Gasteiger partial charge >= 0.3 is 0 Å². The highest BCUT2D eigenvalue weighted by atomic mass is 35.5. The first-order chi connectivity index (χ1) is 13.5. The molecule has 0 saturated heterocycles. The SMILES string of the molecule is CSc1[nH]c(=O)c(C2=C(F)CCC(Cl)=C2)cc1Nc1ccnc2c1CC(=O)N2. The summed E-state index contributed by atoms with van der Waals surface area (Å²) in [5, 5.41) is 7.07. The van der Waals surface area contributed by atoms with Crippen LogP contribution in [-0.2, 0) is 11.2 Å². The van der Waals surface area contributed by atoms with Crippen molar-refractivity contribution < 1.29 is 9.18 Å². The summed E-state index contributed by atoms with van der Waals surface area (Å²) < 4.78 is 14.4. The van der Waals surface area contributed by atoms with Crippen molar-refractivity contribution in [1.29, 1.82) is 0 Å². The first-order valence-corrected chi connectivity index (χ1v) is 10.2. The van der Waals surface area contributed by atoms with E-state index in [0.717, 1.165) is 5.56 Å². The number of nitrogens with one attached hydrogen (secondary N) is 3. The highest BCUT2D eigenvalue weighted by molar-refractivity contribution is 7.98. The highest BCUT2D eigenvalue weighted by Crippen LogP contribution is 2.36. The average Bonchev–Trinajstić information content (AvgIpc) is 3.06. The van der Waals surface area contributed by atoms with E-state index in [1.807, 2.05) is 6.26 Å². The summed E-state index contributed by atoms with van der Waals surface area (Å²) in [5.74, 6) is 0.0247. The first-order valence-electron chi connectivity index (χ1n) is 8.57. The van der Waals surface area contributed by atoms with E-state index in [1.54, 1.807) is 18.3 Å². The van der Waals surface area contributed by atoms with Gasteiger partial charge in [-0.1, -0.05) is 11.6 Å². The molecule has 0 unspecified atom stereocenters. The van der Waals surface area contributed by atoms with E-state index >= 15 is 0 Å². The van der Waals surface area contributed by atoms with Gasteiger partial charge in [0, 0.05) is 34.5 Å². The fourth-order valence-corrected chi connectivity index (χ4v) is 3.97. The first kappa shape index (κ1) is 18.8. The lowest BCUT2D eigenvalue weighted by Gasteiger charge is -2.16. The lowest BCUT2D eigenvalue weighted by molar-refractivity contribution is -0.115. The van der Waals surface area contributed by atoms with Crippen molar-refractivity contribution >= 4 is 52.0 Å². The predicted octanol–water partition coefficient (Wildman–Crippen LogP) is 4.33. The molecule has 2 aromatic rings. The number of pyridine rings is 2. The number of hydrogen-bond acceptors (Lipinski definition) is 5. The summed E-state index contributed by atoms with van der Waals surface area (Å²) in [6.07, 6.45) is 5.73. The molecule has 0 bridgehead atoms. The number of hydrogen-bond donors (Lipinski definition) is 3. The molecule has 0 aromatic carbocycles. The summed E-state index contributed by atoms with van der Waals surface area (Å²) in [7, 11) is 0. The topological polar surface area (TPSA) is 86.9 Å². The Labute approximate surface area is 169 Å². The number of thioether (sulfide) groups is 1. The third-order valence-electron chi connectivity index (χ3n) is 4.60. The summed E-state index contributed by atoms with van der Waals surface area (Å²) >= 11 is 7.42. The number of carbonyl (C=O) groups excluding carboxylic acids is 1. The van der Waals surface area contributed by atoms with E-state index in [0.29, 0.717) is 33.7 Å². The van der Waals surface area contributed by atoms with Crippen molar-refractivity contribution in [1.82, 2.24) is 9.97 Å². The second kappa shape index (κ2) is 7.44. The summed E-state index contributed by atoms with van der Waals surface area (Å²) in [6.45, 7) is 0. The van der Waals surface area contributed by atoms with Crippen LogP contribution in [0, 0.1) is 0 Å². The Morgan fingerprint density at radius 3 is 2.89 bits per heavy atom. The monoisotopic (exact) mass is 418 g/mol. The Balaban J connectivity index is 1.80. The van der Waals surface area contributed by atoms with Crippen molar-refractivity contribution in [3.8, 4) is 0 Å². The fourth-order valence-electron chi connectivity index (χ4n) is 3.24. The zero-order chi connectivity index (χ0) is 19.8. The highest BCUT2D eigenvalue weighted by Gasteiger charge is 2.23. The molecule has 3 N–H and O–H groups in total. The van der Waals surface area contributed by atoms with E-state index in [9.17, 15) is 14.0 Å². The number of carbonyl (C=O) groups is 1. The molecule has 1 aliphatic heterocycles. The Morgan fingerprint density at radius 1 is 1.29 bits per heavy atom. The van der Waals surface area contributed by atoms with Gasteiger partial charge in [0.1, 0.15) is 11.6 Å². The van der Waals surface area contributed by atoms with Gasteiger partial charge in [-0.3, -0.25) is 9.59 Å². The number of anilines is 3. The summed E-state index contributed by atoms with van der Waals surface area (Å²) in [6, 6.07) is 3.37. The van der Waals surface area contributed by atoms with Crippen molar-refractivity contribution in [2.45, 2.75) is 24.3 Å². The van der Waals surface area contributed by atoms with Crippen LogP contribution in [0.25, 0.3) is 5.57 Å². The van der Waals surface area contributed by atoms with Crippen LogP contribution in [0.15, 0.2) is 45.1 Å². The van der Waals surface area contributed by atoms with E-state index in [-0.39, 0.29) is 41.3 Å². The Hall–Kier alpha value is -2.58. The van der Waals surface area contributed by atoms with E-state index in [2.05, 4.69) is 20.6 Å². The van der Waals surface area contributed by atoms with Crippen molar-refractivity contribution in [3.63, 3.8) is 0 Å². The van der Waals surface area contributed by atoms with Crippen LogP contribution in [0.5, 0.6) is 0 Å². The Bertz CT molecular complexity index is 1110. The molecule has 2 aliphatic rings. The lowest BCUT2D eigenvalue weighted by atomic mass is 9.99. The second-order valence-electron chi connectivity index (χ2n) is 6.40. The van der Waals surface area contributed by atoms with Gasteiger partial charge in [0.25, 0.3) is 5.56 Å². The van der Waals surface area contributed by atoms with Gasteiger partial charge in [-0.05, 0) is 30.9 Å². The van der Waals surface area contributed by atoms with Gasteiger partial charge in [-0.2, -0.15) is 0 Å². The zero-order valence-electron chi connectivity index (χ0n) is 14.9. The van der Waals surface area contributed by atoms with Crippen molar-refractivity contribution in [2.75, 3.05) is 16.9 Å². The lowest BCUT2D eigenvalue weighted by Crippen LogP contribution is -2.15. The third kappa shape index (κ3) is 3.45. The van der Waals surface area contributed by atoms with Crippen LogP contribution in [0.3, 0.4) is 0 Å². The fraction of sp³-hybridized carbons (Fsp3) is 0.211. The molecule has 28 heavy (non-hydrogen) atoms. The molecule has 9 heteroatoms. The zero-order valence-corrected chi connectivity index (χ0v) is 16.4. The molecule has 144 valence electrons. The maximum Gasteiger partial charge on any atom is 0.256 e. The number of aromatic nitrogens is 2. The smallest absolute Gasteiger partial charge is 0.256 e. The molecule has 6 nitrogen and oxygen atoms in total. The molecular weight excluding hydrogens is 403 g/mol.